The number of carboxylic acids is 1. The molecule has 0 fully saturated rings. The van der Waals surface area contributed by atoms with Gasteiger partial charge < -0.3 is 38.3 Å². The van der Waals surface area contributed by atoms with Crippen LogP contribution in [0.3, 0.4) is 0 Å². The standard InChI is InChI=1S/C26H32N2O8.Cs/c29-26(30)20-1-4-22(5-2-20)28-8-7-23(27-28)21-3-6-24-25(19-21)36-18-16-34-14-12-32-10-9-31-11-13-33-15-17-35-24;/h1-6,19H,7-18H2,(H,29,30);/q;+1/p-1. The van der Waals surface area contributed by atoms with Crippen molar-refractivity contribution in [3.63, 3.8) is 0 Å². The fourth-order valence-corrected chi connectivity index (χ4v) is 3.72. The van der Waals surface area contributed by atoms with Crippen LogP contribution in [-0.4, -0.2) is 84.3 Å². The Bertz CT molecular complexity index is 1020. The SMILES string of the molecule is O=C([O-])c1ccc(N2CCC(c3ccc4c(c3)OCCOCCOCCOCCOCCO4)=N2)cc1.[Cs+]. The Balaban J connectivity index is 0.00000380. The van der Waals surface area contributed by atoms with Gasteiger partial charge in [0.1, 0.15) is 13.2 Å². The first-order valence-electron chi connectivity index (χ1n) is 12.1. The minimum absolute atomic E-state index is 0. The third kappa shape index (κ3) is 9.84. The van der Waals surface area contributed by atoms with E-state index >= 15 is 0 Å². The largest absolute Gasteiger partial charge is 1.00 e. The second-order valence-corrected chi connectivity index (χ2v) is 8.06. The molecular formula is C26H31CsN2O8. The van der Waals surface area contributed by atoms with Gasteiger partial charge in [0.2, 0.25) is 0 Å². The van der Waals surface area contributed by atoms with Crippen molar-refractivity contribution in [2.45, 2.75) is 6.42 Å². The van der Waals surface area contributed by atoms with Crippen molar-refractivity contribution in [2.24, 2.45) is 5.10 Å². The van der Waals surface area contributed by atoms with Crippen LogP contribution in [0, 0.1) is 0 Å². The first-order chi connectivity index (χ1) is 17.7. The summed E-state index contributed by atoms with van der Waals surface area (Å²) >= 11 is 0. The maximum absolute atomic E-state index is 11.0. The van der Waals surface area contributed by atoms with Crippen molar-refractivity contribution in [3.8, 4) is 11.5 Å². The monoisotopic (exact) mass is 632 g/mol. The van der Waals surface area contributed by atoms with E-state index in [2.05, 4.69) is 0 Å². The number of carboxylic acid groups (broad SMARTS) is 1. The van der Waals surface area contributed by atoms with Gasteiger partial charge >= 0.3 is 68.9 Å². The summed E-state index contributed by atoms with van der Waals surface area (Å²) in [5, 5.41) is 17.6. The normalized spacial score (nSPS) is 18.2. The molecular weight excluding hydrogens is 601 g/mol. The van der Waals surface area contributed by atoms with Gasteiger partial charge in [-0.15, -0.1) is 0 Å². The van der Waals surface area contributed by atoms with E-state index < -0.39 is 5.97 Å². The summed E-state index contributed by atoms with van der Waals surface area (Å²) in [5.41, 5.74) is 2.79. The molecule has 0 saturated heterocycles. The van der Waals surface area contributed by atoms with Crippen molar-refractivity contribution in [2.75, 3.05) is 77.6 Å². The topological polar surface area (TPSA) is 111 Å². The Morgan fingerprint density at radius 2 is 1.27 bits per heavy atom. The average Bonchev–Trinajstić information content (AvgIpc) is 3.39. The molecule has 2 aliphatic heterocycles. The van der Waals surface area contributed by atoms with Crippen LogP contribution < -0.4 is 88.5 Å². The summed E-state index contributed by atoms with van der Waals surface area (Å²) in [6.07, 6.45) is 0.737. The Labute approximate surface area is 275 Å². The van der Waals surface area contributed by atoms with E-state index in [-0.39, 0.29) is 74.5 Å². The number of rotatable bonds is 3. The molecule has 194 valence electrons. The summed E-state index contributed by atoms with van der Waals surface area (Å²) in [5.74, 6) is 0.0307. The smallest absolute Gasteiger partial charge is 0.545 e. The average molecular weight is 632 g/mol. The van der Waals surface area contributed by atoms with Crippen LogP contribution >= 0.6 is 0 Å². The zero-order valence-corrected chi connectivity index (χ0v) is 27.5. The molecule has 0 N–H and O–H groups in total. The van der Waals surface area contributed by atoms with Gasteiger partial charge in [0.15, 0.2) is 11.5 Å². The summed E-state index contributed by atoms with van der Waals surface area (Å²) in [6.45, 7) is 5.29. The number of hydrazone groups is 1. The quantitative estimate of drug-likeness (QED) is 0.400. The Hall–Kier alpha value is -1.13. The van der Waals surface area contributed by atoms with Gasteiger partial charge in [0, 0.05) is 18.5 Å². The van der Waals surface area contributed by atoms with Crippen LogP contribution in [-0.2, 0) is 18.9 Å². The molecule has 0 unspecified atom stereocenters. The summed E-state index contributed by atoms with van der Waals surface area (Å²) < 4.78 is 34.0. The molecule has 0 aliphatic carbocycles. The number of fused-ring (bicyclic) bond motifs is 1. The van der Waals surface area contributed by atoms with Gasteiger partial charge in [-0.05, 0) is 35.9 Å². The predicted molar refractivity (Wildman–Crippen MR) is 130 cm³/mol. The Morgan fingerprint density at radius 1 is 0.730 bits per heavy atom. The fraction of sp³-hybridized carbons (Fsp3) is 0.462. The van der Waals surface area contributed by atoms with E-state index in [1.54, 1.807) is 12.1 Å². The van der Waals surface area contributed by atoms with Crippen molar-refractivity contribution < 1.29 is 107 Å². The van der Waals surface area contributed by atoms with Crippen molar-refractivity contribution in [1.29, 1.82) is 0 Å². The van der Waals surface area contributed by atoms with E-state index in [9.17, 15) is 9.90 Å². The third-order valence-electron chi connectivity index (χ3n) is 5.57. The second-order valence-electron chi connectivity index (χ2n) is 8.06. The van der Waals surface area contributed by atoms with E-state index in [4.69, 9.17) is 33.5 Å². The second kappa shape index (κ2) is 16.8. The van der Waals surface area contributed by atoms with Crippen molar-refractivity contribution in [3.05, 3.63) is 53.6 Å². The molecule has 4 rings (SSSR count). The van der Waals surface area contributed by atoms with Gasteiger partial charge in [0.25, 0.3) is 0 Å². The zero-order valence-electron chi connectivity index (χ0n) is 21.2. The van der Waals surface area contributed by atoms with Crippen LogP contribution in [0.25, 0.3) is 0 Å². The zero-order chi connectivity index (χ0) is 25.0. The van der Waals surface area contributed by atoms with Gasteiger partial charge in [-0.25, -0.2) is 0 Å². The maximum Gasteiger partial charge on any atom is 1.00 e. The number of hydrogen-bond donors (Lipinski definition) is 0. The molecule has 0 spiro atoms. The van der Waals surface area contributed by atoms with Gasteiger partial charge in [-0.1, -0.05) is 12.1 Å². The molecule has 37 heavy (non-hydrogen) atoms. The molecule has 2 aromatic carbocycles. The minimum Gasteiger partial charge on any atom is -0.545 e. The summed E-state index contributed by atoms with van der Waals surface area (Å²) in [7, 11) is 0. The first-order valence-corrected chi connectivity index (χ1v) is 12.1. The molecule has 0 aromatic heterocycles. The van der Waals surface area contributed by atoms with Crippen molar-refractivity contribution >= 4 is 17.4 Å². The third-order valence-corrected chi connectivity index (χ3v) is 5.57. The van der Waals surface area contributed by atoms with Crippen LogP contribution in [0.5, 0.6) is 11.5 Å². The summed E-state index contributed by atoms with van der Waals surface area (Å²) in [6, 6.07) is 12.3. The van der Waals surface area contributed by atoms with Crippen molar-refractivity contribution in [1.82, 2.24) is 0 Å². The molecule has 10 nitrogen and oxygen atoms in total. The minimum atomic E-state index is -1.20. The Kier molecular flexibility index (Phi) is 13.8. The number of nitrogens with zero attached hydrogens (tertiary/aromatic N) is 2. The number of anilines is 1. The van der Waals surface area contributed by atoms with E-state index in [0.717, 1.165) is 23.4 Å². The molecule has 2 heterocycles. The molecule has 2 aromatic rings. The summed E-state index contributed by atoms with van der Waals surface area (Å²) in [4.78, 5) is 11.0. The van der Waals surface area contributed by atoms with E-state index in [1.807, 2.05) is 23.2 Å². The molecule has 0 amide bonds. The van der Waals surface area contributed by atoms with Gasteiger partial charge in [-0.2, -0.15) is 5.10 Å². The first kappa shape index (κ1) is 30.4. The van der Waals surface area contributed by atoms with Crippen LogP contribution in [0.4, 0.5) is 5.69 Å². The molecule has 2 aliphatic rings. The van der Waals surface area contributed by atoms with E-state index in [0.29, 0.717) is 84.1 Å². The number of aromatic carboxylic acids is 1. The molecule has 0 bridgehead atoms. The number of hydrogen-bond acceptors (Lipinski definition) is 10. The number of carbonyl (C=O) groups excluding carboxylic acids is 1. The molecule has 0 radical (unpaired) electrons. The Morgan fingerprint density at radius 3 is 1.84 bits per heavy atom. The fourth-order valence-electron chi connectivity index (χ4n) is 3.72. The number of benzene rings is 2. The molecule has 11 heteroatoms. The van der Waals surface area contributed by atoms with Crippen LogP contribution in [0.15, 0.2) is 47.6 Å². The van der Waals surface area contributed by atoms with Crippen LogP contribution in [0.2, 0.25) is 0 Å². The molecule has 0 atom stereocenters. The molecule has 0 saturated carbocycles. The maximum atomic E-state index is 11.0. The van der Waals surface area contributed by atoms with Gasteiger partial charge in [-0.3, -0.25) is 5.01 Å². The number of carbonyl (C=O) groups is 1. The predicted octanol–water partition coefficient (Wildman–Crippen LogP) is -1.49. The van der Waals surface area contributed by atoms with E-state index in [1.165, 1.54) is 12.1 Å². The van der Waals surface area contributed by atoms with Crippen LogP contribution in [0.1, 0.15) is 22.3 Å². The van der Waals surface area contributed by atoms with Gasteiger partial charge in [0.05, 0.1) is 70.2 Å². The number of ether oxygens (including phenoxy) is 6.